The predicted octanol–water partition coefficient (Wildman–Crippen LogP) is 4.26. The van der Waals surface area contributed by atoms with Crippen LogP contribution in [-0.2, 0) is 14.4 Å². The number of fused-ring (bicyclic) bond motifs is 2. The molecule has 3 fully saturated rings. The van der Waals surface area contributed by atoms with Crippen LogP contribution in [0.1, 0.15) is 43.7 Å². The van der Waals surface area contributed by atoms with Crippen molar-refractivity contribution in [3.8, 4) is 11.5 Å². The van der Waals surface area contributed by atoms with Gasteiger partial charge in [0.1, 0.15) is 5.57 Å². The van der Waals surface area contributed by atoms with Crippen LogP contribution in [0.15, 0.2) is 54.1 Å². The summed E-state index contributed by atoms with van der Waals surface area (Å²) in [5.41, 5.74) is 0.808. The number of imide groups is 2. The maximum atomic E-state index is 13.3. The molecule has 40 heavy (non-hydrogen) atoms. The molecule has 0 spiro atoms. The van der Waals surface area contributed by atoms with Gasteiger partial charge in [0.15, 0.2) is 11.5 Å². The van der Waals surface area contributed by atoms with Gasteiger partial charge in [0.05, 0.1) is 11.5 Å². The van der Waals surface area contributed by atoms with Crippen molar-refractivity contribution in [2.45, 2.75) is 38.6 Å². The summed E-state index contributed by atoms with van der Waals surface area (Å²) in [5.74, 6) is -0.961. The zero-order chi connectivity index (χ0) is 28.4. The number of carbonyl (C=O) groups excluding carboxylic acids is 4. The third kappa shape index (κ3) is 5.49. The van der Waals surface area contributed by atoms with Gasteiger partial charge in [-0.25, -0.2) is 9.59 Å². The number of rotatable bonds is 8. The average molecular weight is 546 g/mol. The summed E-state index contributed by atoms with van der Waals surface area (Å²) in [4.78, 5) is 62.4. The standard InChI is InChI=1S/C29H27N3O8/c1-2-39-25-16-19(6-11-24(25)40-26(33)12-7-17-4-9-21(10-5-17)32(37)38)14-22-27(34)30-29(36)31(28(22)35)23-15-18-3-8-20(23)13-18/h4-7,9-12,14,16,18,20,23H,2-3,8,13,15H2,1H3,(H,30,34,36)/b12-7+,22-14+/t18-,20-,23-/m0/s1. The second kappa shape index (κ2) is 11.1. The summed E-state index contributed by atoms with van der Waals surface area (Å²) < 4.78 is 11.0. The molecule has 1 N–H and O–H groups in total. The highest BCUT2D eigenvalue weighted by Gasteiger charge is 2.49. The summed E-state index contributed by atoms with van der Waals surface area (Å²) in [6, 6.07) is 9.38. The molecule has 0 aromatic heterocycles. The van der Waals surface area contributed by atoms with E-state index in [1.54, 1.807) is 13.0 Å². The van der Waals surface area contributed by atoms with Gasteiger partial charge >= 0.3 is 12.0 Å². The Labute approximate surface area is 229 Å². The Balaban J connectivity index is 1.32. The number of nitrogens with one attached hydrogen (secondary N) is 1. The lowest BCUT2D eigenvalue weighted by Crippen LogP contribution is -2.58. The lowest BCUT2D eigenvalue weighted by Gasteiger charge is -2.35. The molecule has 11 heteroatoms. The number of nitro groups is 1. The summed E-state index contributed by atoms with van der Waals surface area (Å²) in [7, 11) is 0. The Bertz CT molecular complexity index is 1450. The number of hydrogen-bond donors (Lipinski definition) is 1. The fourth-order valence-corrected chi connectivity index (χ4v) is 5.65. The number of esters is 1. The van der Waals surface area contributed by atoms with Crippen molar-refractivity contribution in [3.63, 3.8) is 0 Å². The highest BCUT2D eigenvalue weighted by molar-refractivity contribution is 6.31. The molecule has 0 radical (unpaired) electrons. The number of urea groups is 1. The zero-order valence-electron chi connectivity index (χ0n) is 21.7. The van der Waals surface area contributed by atoms with E-state index < -0.39 is 28.7 Å². The third-order valence-electron chi connectivity index (χ3n) is 7.47. The first kappa shape index (κ1) is 26.8. The van der Waals surface area contributed by atoms with Gasteiger partial charge in [0.25, 0.3) is 17.5 Å². The van der Waals surface area contributed by atoms with Gasteiger partial charge in [0.2, 0.25) is 0 Å². The fraction of sp³-hybridized carbons (Fsp3) is 0.310. The largest absolute Gasteiger partial charge is 0.490 e. The minimum atomic E-state index is -0.765. The minimum Gasteiger partial charge on any atom is -0.490 e. The van der Waals surface area contributed by atoms with E-state index in [0.29, 0.717) is 17.0 Å². The van der Waals surface area contributed by atoms with Gasteiger partial charge < -0.3 is 9.47 Å². The van der Waals surface area contributed by atoms with Gasteiger partial charge in [-0.1, -0.05) is 12.5 Å². The summed E-state index contributed by atoms with van der Waals surface area (Å²) in [5, 5.41) is 13.1. The van der Waals surface area contributed by atoms with Crippen LogP contribution in [0.5, 0.6) is 11.5 Å². The van der Waals surface area contributed by atoms with Crippen LogP contribution in [0.3, 0.4) is 0 Å². The van der Waals surface area contributed by atoms with Crippen LogP contribution in [-0.4, -0.2) is 46.3 Å². The van der Waals surface area contributed by atoms with Crippen molar-refractivity contribution in [1.29, 1.82) is 0 Å². The van der Waals surface area contributed by atoms with E-state index in [1.807, 2.05) is 0 Å². The van der Waals surface area contributed by atoms with E-state index in [9.17, 15) is 29.3 Å². The highest BCUT2D eigenvalue weighted by Crippen LogP contribution is 2.47. The molecule has 3 atom stereocenters. The molecule has 1 aliphatic heterocycles. The van der Waals surface area contributed by atoms with Crippen LogP contribution in [0.2, 0.25) is 0 Å². The van der Waals surface area contributed by atoms with E-state index in [1.165, 1.54) is 59.5 Å². The van der Waals surface area contributed by atoms with Crippen molar-refractivity contribution in [1.82, 2.24) is 10.2 Å². The number of barbiturate groups is 1. The Kier molecular flexibility index (Phi) is 7.45. The van der Waals surface area contributed by atoms with Gasteiger partial charge in [0, 0.05) is 24.3 Å². The van der Waals surface area contributed by atoms with Gasteiger partial charge in [-0.15, -0.1) is 0 Å². The summed E-state index contributed by atoms with van der Waals surface area (Å²) in [6.07, 6.45) is 7.87. The second-order valence-corrected chi connectivity index (χ2v) is 9.98. The first-order valence-corrected chi connectivity index (χ1v) is 13.0. The Morgan fingerprint density at radius 2 is 1.82 bits per heavy atom. The van der Waals surface area contributed by atoms with Gasteiger partial charge in [-0.2, -0.15) is 0 Å². The maximum absolute atomic E-state index is 13.3. The monoisotopic (exact) mass is 545 g/mol. The van der Waals surface area contributed by atoms with Crippen LogP contribution in [0.4, 0.5) is 10.5 Å². The first-order chi connectivity index (χ1) is 19.2. The third-order valence-corrected chi connectivity index (χ3v) is 7.47. The molecule has 2 bridgehead atoms. The summed E-state index contributed by atoms with van der Waals surface area (Å²) >= 11 is 0. The highest BCUT2D eigenvalue weighted by atomic mass is 16.6. The van der Waals surface area contributed by atoms with E-state index in [-0.39, 0.29) is 41.3 Å². The van der Waals surface area contributed by atoms with E-state index in [0.717, 1.165) is 25.7 Å². The molecule has 11 nitrogen and oxygen atoms in total. The maximum Gasteiger partial charge on any atom is 0.336 e. The lowest BCUT2D eigenvalue weighted by molar-refractivity contribution is -0.384. The van der Waals surface area contributed by atoms with Crippen LogP contribution in [0, 0.1) is 22.0 Å². The molecule has 2 aliphatic carbocycles. The molecule has 5 rings (SSSR count). The fourth-order valence-electron chi connectivity index (χ4n) is 5.65. The second-order valence-electron chi connectivity index (χ2n) is 9.98. The molecule has 206 valence electrons. The Hall–Kier alpha value is -4.80. The number of ether oxygens (including phenoxy) is 2. The van der Waals surface area contributed by atoms with E-state index in [4.69, 9.17) is 9.47 Å². The predicted molar refractivity (Wildman–Crippen MR) is 143 cm³/mol. The van der Waals surface area contributed by atoms with Crippen molar-refractivity contribution >= 4 is 41.7 Å². The number of non-ortho nitro benzene ring substituents is 1. The molecule has 2 aromatic rings. The number of nitrogens with zero attached hydrogens (tertiary/aromatic N) is 2. The molecule has 0 unspecified atom stereocenters. The molecule has 2 aromatic carbocycles. The molecule has 1 saturated heterocycles. The first-order valence-electron chi connectivity index (χ1n) is 13.0. The molecular formula is C29H27N3O8. The van der Waals surface area contributed by atoms with E-state index >= 15 is 0 Å². The van der Waals surface area contributed by atoms with Crippen molar-refractivity contribution < 1.29 is 33.6 Å². The number of nitro benzene ring substituents is 1. The van der Waals surface area contributed by atoms with Gasteiger partial charge in [-0.05, 0) is 85.6 Å². The van der Waals surface area contributed by atoms with Crippen LogP contribution in [0.25, 0.3) is 12.2 Å². The molecule has 3 aliphatic rings. The topological polar surface area (TPSA) is 145 Å². The number of benzene rings is 2. The number of amides is 4. The molecule has 4 amide bonds. The summed E-state index contributed by atoms with van der Waals surface area (Å²) in [6.45, 7) is 2.01. The van der Waals surface area contributed by atoms with Crippen molar-refractivity contribution in [3.05, 3.63) is 75.4 Å². The molecular weight excluding hydrogens is 518 g/mol. The Morgan fingerprint density at radius 1 is 1.07 bits per heavy atom. The van der Waals surface area contributed by atoms with Crippen LogP contribution < -0.4 is 14.8 Å². The van der Waals surface area contributed by atoms with Crippen molar-refractivity contribution in [2.24, 2.45) is 11.8 Å². The lowest BCUT2D eigenvalue weighted by atomic mass is 9.93. The van der Waals surface area contributed by atoms with Crippen molar-refractivity contribution in [2.75, 3.05) is 6.61 Å². The van der Waals surface area contributed by atoms with E-state index in [2.05, 4.69) is 5.32 Å². The zero-order valence-corrected chi connectivity index (χ0v) is 21.7. The normalized spacial score (nSPS) is 23.1. The smallest absolute Gasteiger partial charge is 0.336 e. The minimum absolute atomic E-state index is 0.0617. The molecule has 2 saturated carbocycles. The van der Waals surface area contributed by atoms with Crippen LogP contribution >= 0.6 is 0 Å². The van der Waals surface area contributed by atoms with Gasteiger partial charge in [-0.3, -0.25) is 29.9 Å². The average Bonchev–Trinajstić information content (AvgIpc) is 3.55. The number of carbonyl (C=O) groups is 4. The molecule has 1 heterocycles. The Morgan fingerprint density at radius 3 is 2.48 bits per heavy atom. The SMILES string of the molecule is CCOc1cc(/C=C2\C(=O)NC(=O)N([C@H]3C[C@H]4CC[C@H]3C4)C2=O)ccc1OC(=O)/C=C/c1ccc([N+](=O)[O-])cc1. The number of hydrogen-bond acceptors (Lipinski definition) is 8. The quantitative estimate of drug-likeness (QED) is 0.129.